The number of rotatable bonds is 13. The summed E-state index contributed by atoms with van der Waals surface area (Å²) < 4.78 is 5.35. The lowest BCUT2D eigenvalue weighted by Crippen LogP contribution is -2.42. The summed E-state index contributed by atoms with van der Waals surface area (Å²) in [7, 11) is 1.63. The number of carboxylic acids is 1. The second-order valence-corrected chi connectivity index (χ2v) is 10.3. The number of nitrogens with zero attached hydrogens (tertiary/aromatic N) is 2. The van der Waals surface area contributed by atoms with Crippen LogP contribution in [-0.2, 0) is 4.79 Å². The molecule has 0 aliphatic carbocycles. The number of aliphatic hydroxyl groups excluding tert-OH is 1. The number of aliphatic hydroxyl groups is 1. The molecular weight excluding hydrogens is 436 g/mol. The third-order valence-corrected chi connectivity index (χ3v) is 7.81. The van der Waals surface area contributed by atoms with Crippen LogP contribution in [-0.4, -0.2) is 64.3 Å². The molecule has 0 bridgehead atoms. The van der Waals surface area contributed by atoms with E-state index in [4.69, 9.17) is 4.74 Å². The largest absolute Gasteiger partial charge is 0.497 e. The fourth-order valence-corrected chi connectivity index (χ4v) is 5.91. The van der Waals surface area contributed by atoms with Crippen molar-refractivity contribution >= 4 is 28.6 Å². The van der Waals surface area contributed by atoms with Crippen molar-refractivity contribution in [3.63, 3.8) is 0 Å². The Morgan fingerprint density at radius 2 is 2.15 bits per heavy atom. The van der Waals surface area contributed by atoms with Crippen LogP contribution in [0, 0.1) is 11.8 Å². The fraction of sp³-hybridized carbons (Fsp3) is 0.615. The first kappa shape index (κ1) is 25.8. The van der Waals surface area contributed by atoms with Crippen LogP contribution in [0.4, 0.5) is 0 Å². The van der Waals surface area contributed by atoms with Crippen molar-refractivity contribution in [3.8, 4) is 5.75 Å². The van der Waals surface area contributed by atoms with Crippen molar-refractivity contribution in [3.05, 3.63) is 36.0 Å². The molecule has 3 rings (SSSR count). The topological polar surface area (TPSA) is 82.9 Å². The molecular formula is C26H38N2O4S. The number of likely N-dealkylation sites (tertiary alicyclic amines) is 1. The van der Waals surface area contributed by atoms with Gasteiger partial charge in [0.2, 0.25) is 0 Å². The number of hydrogen-bond acceptors (Lipinski definition) is 6. The molecule has 1 saturated heterocycles. The van der Waals surface area contributed by atoms with Crippen molar-refractivity contribution in [2.75, 3.05) is 38.2 Å². The highest BCUT2D eigenvalue weighted by Crippen LogP contribution is 2.34. The van der Waals surface area contributed by atoms with E-state index in [2.05, 4.69) is 16.8 Å². The lowest BCUT2D eigenvalue weighted by Gasteiger charge is -2.38. The van der Waals surface area contributed by atoms with E-state index >= 15 is 0 Å². The smallest absolute Gasteiger partial charge is 0.303 e. The highest BCUT2D eigenvalue weighted by atomic mass is 32.2. The van der Waals surface area contributed by atoms with Crippen molar-refractivity contribution in [1.29, 1.82) is 0 Å². The number of unbranched alkanes of at least 4 members (excludes halogenated alkanes) is 1. The van der Waals surface area contributed by atoms with Gasteiger partial charge in [0.1, 0.15) is 5.75 Å². The van der Waals surface area contributed by atoms with Crippen molar-refractivity contribution in [2.45, 2.75) is 51.6 Å². The van der Waals surface area contributed by atoms with Crippen molar-refractivity contribution in [1.82, 2.24) is 9.88 Å². The Morgan fingerprint density at radius 3 is 2.91 bits per heavy atom. The summed E-state index contributed by atoms with van der Waals surface area (Å²) in [6.45, 7) is 5.11. The molecule has 2 aromatic rings. The van der Waals surface area contributed by atoms with E-state index in [1.54, 1.807) is 13.3 Å². The molecule has 33 heavy (non-hydrogen) atoms. The summed E-state index contributed by atoms with van der Waals surface area (Å²) in [5.41, 5.74) is 1.69. The predicted molar refractivity (Wildman–Crippen MR) is 135 cm³/mol. The zero-order valence-corrected chi connectivity index (χ0v) is 20.7. The molecule has 1 fully saturated rings. The third-order valence-electron chi connectivity index (χ3n) is 6.76. The first-order valence-electron chi connectivity index (χ1n) is 12.1. The Bertz CT molecular complexity index is 894. The standard InChI is InChI=1S/C26H38N2O4S/c1-3-4-14-33-15-13-28-12-10-19(20(18-28)16-26(30)31)5-8-25(29)22-9-11-27-24-7-6-21(32-2)17-23(22)24/h6-7,9,11,17,19-20,25,29H,3-5,8,10,12-16,18H2,1-2H3,(H,30,31)/t19-,20+,25+/m1/s1. The normalized spacial score (nSPS) is 20.1. The van der Waals surface area contributed by atoms with Gasteiger partial charge in [0.15, 0.2) is 0 Å². The van der Waals surface area contributed by atoms with Gasteiger partial charge in [0.25, 0.3) is 0 Å². The number of hydrogen-bond donors (Lipinski definition) is 2. The van der Waals surface area contributed by atoms with E-state index in [0.29, 0.717) is 12.3 Å². The van der Waals surface area contributed by atoms with Gasteiger partial charge in [-0.05, 0) is 79.6 Å². The van der Waals surface area contributed by atoms with Crippen LogP contribution in [0.2, 0.25) is 0 Å². The lowest BCUT2D eigenvalue weighted by molar-refractivity contribution is -0.139. The van der Waals surface area contributed by atoms with Gasteiger partial charge in [-0.1, -0.05) is 13.3 Å². The lowest BCUT2D eigenvalue weighted by atomic mass is 9.79. The molecule has 6 nitrogen and oxygen atoms in total. The second-order valence-electron chi connectivity index (χ2n) is 9.05. The molecule has 0 saturated carbocycles. The van der Waals surface area contributed by atoms with Crippen molar-refractivity contribution < 1.29 is 19.7 Å². The minimum absolute atomic E-state index is 0.137. The molecule has 182 valence electrons. The van der Waals surface area contributed by atoms with Gasteiger partial charge < -0.3 is 19.8 Å². The highest BCUT2D eigenvalue weighted by Gasteiger charge is 2.31. The van der Waals surface area contributed by atoms with Gasteiger partial charge in [-0.2, -0.15) is 11.8 Å². The molecule has 0 radical (unpaired) electrons. The Balaban J connectivity index is 1.59. The van der Waals surface area contributed by atoms with Gasteiger partial charge in [-0.25, -0.2) is 0 Å². The zero-order chi connectivity index (χ0) is 23.6. The molecule has 3 atom stereocenters. The SMILES string of the molecule is CCCCSCCN1CC[C@@H](CC[C@H](O)c2ccnc3ccc(OC)cc23)[C@@H](CC(=O)O)C1. The number of aromatic nitrogens is 1. The van der Waals surface area contributed by atoms with Crippen LogP contribution in [0.3, 0.4) is 0 Å². The number of aliphatic carboxylic acids is 1. The molecule has 1 aromatic carbocycles. The molecule has 2 heterocycles. The number of thioether (sulfide) groups is 1. The van der Waals surface area contributed by atoms with E-state index in [1.165, 1.54) is 18.6 Å². The molecule has 0 unspecified atom stereocenters. The third kappa shape index (κ3) is 7.59. The summed E-state index contributed by atoms with van der Waals surface area (Å²) in [5, 5.41) is 21.4. The Hall–Kier alpha value is -1.83. The number of pyridine rings is 1. The van der Waals surface area contributed by atoms with Crippen LogP contribution in [0.25, 0.3) is 10.9 Å². The van der Waals surface area contributed by atoms with Crippen LogP contribution in [0.1, 0.15) is 57.1 Å². The molecule has 1 aliphatic rings. The summed E-state index contributed by atoms with van der Waals surface area (Å²) >= 11 is 2.00. The molecule has 0 amide bonds. The molecule has 2 N–H and O–H groups in total. The first-order valence-corrected chi connectivity index (χ1v) is 13.3. The van der Waals surface area contributed by atoms with Crippen LogP contribution in [0.5, 0.6) is 5.75 Å². The molecule has 1 aliphatic heterocycles. The first-order chi connectivity index (χ1) is 16.0. The summed E-state index contributed by atoms with van der Waals surface area (Å²) in [6.07, 6.45) is 6.25. The van der Waals surface area contributed by atoms with Gasteiger partial charge in [0.05, 0.1) is 18.7 Å². The number of piperidine rings is 1. The van der Waals surface area contributed by atoms with E-state index < -0.39 is 12.1 Å². The predicted octanol–water partition coefficient (Wildman–Crippen LogP) is 5.00. The molecule has 1 aromatic heterocycles. The Morgan fingerprint density at radius 1 is 1.30 bits per heavy atom. The number of ether oxygens (including phenoxy) is 1. The maximum atomic E-state index is 11.5. The number of carboxylic acid groups (broad SMARTS) is 1. The minimum atomic E-state index is -0.725. The quantitative estimate of drug-likeness (QED) is 0.395. The average Bonchev–Trinajstić information content (AvgIpc) is 2.82. The maximum Gasteiger partial charge on any atom is 0.303 e. The average molecular weight is 475 g/mol. The molecule has 0 spiro atoms. The van der Waals surface area contributed by atoms with E-state index in [1.807, 2.05) is 36.0 Å². The number of carbonyl (C=O) groups is 1. The van der Waals surface area contributed by atoms with E-state index in [9.17, 15) is 15.0 Å². The maximum absolute atomic E-state index is 11.5. The zero-order valence-electron chi connectivity index (χ0n) is 19.9. The van der Waals surface area contributed by atoms with Gasteiger partial charge in [-0.3, -0.25) is 9.78 Å². The number of benzene rings is 1. The fourth-order valence-electron chi connectivity index (χ4n) is 4.83. The second kappa shape index (κ2) is 13.2. The minimum Gasteiger partial charge on any atom is -0.497 e. The van der Waals surface area contributed by atoms with E-state index in [-0.39, 0.29) is 12.3 Å². The number of methoxy groups -OCH3 is 1. The van der Waals surface area contributed by atoms with E-state index in [0.717, 1.165) is 60.4 Å². The summed E-state index contributed by atoms with van der Waals surface area (Å²) in [6, 6.07) is 7.58. The Labute approximate surface area is 201 Å². The van der Waals surface area contributed by atoms with Crippen LogP contribution < -0.4 is 4.74 Å². The van der Waals surface area contributed by atoms with Crippen LogP contribution in [0.15, 0.2) is 30.5 Å². The Kier molecular flexibility index (Phi) is 10.3. The van der Waals surface area contributed by atoms with Gasteiger partial charge in [-0.15, -0.1) is 0 Å². The monoisotopic (exact) mass is 474 g/mol. The van der Waals surface area contributed by atoms with Gasteiger partial charge >= 0.3 is 5.97 Å². The summed E-state index contributed by atoms with van der Waals surface area (Å²) in [5.74, 6) is 2.80. The van der Waals surface area contributed by atoms with Crippen molar-refractivity contribution in [2.24, 2.45) is 11.8 Å². The summed E-state index contributed by atoms with van der Waals surface area (Å²) in [4.78, 5) is 18.4. The molecule has 7 heteroatoms. The van der Waals surface area contributed by atoms with Gasteiger partial charge in [0, 0.05) is 36.8 Å². The highest BCUT2D eigenvalue weighted by molar-refractivity contribution is 7.99. The number of fused-ring (bicyclic) bond motifs is 1. The van der Waals surface area contributed by atoms with Crippen LogP contribution >= 0.6 is 11.8 Å².